The monoisotopic (exact) mass is 211 g/mol. The zero-order valence-corrected chi connectivity index (χ0v) is 8.82. The Balaban J connectivity index is 2.49. The average Bonchev–Trinajstić information content (AvgIpc) is 2.62. The minimum Gasteiger partial charge on any atom is -0.321 e. The summed E-state index contributed by atoms with van der Waals surface area (Å²) in [6.07, 6.45) is 3.61. The molecule has 0 bridgehead atoms. The van der Waals surface area contributed by atoms with Gasteiger partial charge in [-0.25, -0.2) is 8.78 Å². The van der Waals surface area contributed by atoms with E-state index in [4.69, 9.17) is 5.73 Å². The molecule has 1 aromatic carbocycles. The lowest BCUT2D eigenvalue weighted by atomic mass is 9.88. The molecule has 0 amide bonds. The van der Waals surface area contributed by atoms with Gasteiger partial charge in [0.05, 0.1) is 0 Å². The van der Waals surface area contributed by atoms with Crippen molar-refractivity contribution in [1.29, 1.82) is 0 Å². The van der Waals surface area contributed by atoms with Crippen LogP contribution in [0.25, 0.3) is 0 Å². The van der Waals surface area contributed by atoms with Gasteiger partial charge in [0.1, 0.15) is 11.6 Å². The number of hydrogen-bond acceptors (Lipinski definition) is 1. The van der Waals surface area contributed by atoms with Gasteiger partial charge in [-0.05, 0) is 25.8 Å². The van der Waals surface area contributed by atoms with Crippen LogP contribution in [0.5, 0.6) is 0 Å². The van der Waals surface area contributed by atoms with Crippen LogP contribution in [-0.4, -0.2) is 0 Å². The molecule has 3 heteroatoms. The highest BCUT2D eigenvalue weighted by Gasteiger charge is 2.34. The molecule has 2 N–H and O–H groups in total. The molecular formula is C12H15F2N. The van der Waals surface area contributed by atoms with Gasteiger partial charge in [0.15, 0.2) is 0 Å². The Kier molecular flexibility index (Phi) is 2.51. The van der Waals surface area contributed by atoms with E-state index in [2.05, 4.69) is 0 Å². The second-order valence-electron chi connectivity index (χ2n) is 4.40. The van der Waals surface area contributed by atoms with E-state index in [1.165, 1.54) is 19.1 Å². The quantitative estimate of drug-likeness (QED) is 0.759. The van der Waals surface area contributed by atoms with Gasteiger partial charge in [-0.2, -0.15) is 0 Å². The Hall–Kier alpha value is -0.960. The topological polar surface area (TPSA) is 26.0 Å². The minimum atomic E-state index is -0.581. The van der Waals surface area contributed by atoms with E-state index in [1.54, 1.807) is 0 Å². The first kappa shape index (κ1) is 10.6. The van der Waals surface area contributed by atoms with E-state index in [0.29, 0.717) is 5.56 Å². The molecule has 1 nitrogen and oxygen atoms in total. The maximum Gasteiger partial charge on any atom is 0.134 e. The molecule has 1 fully saturated rings. The molecular weight excluding hydrogens is 196 g/mol. The second-order valence-corrected chi connectivity index (χ2v) is 4.40. The minimum absolute atomic E-state index is 0.0734. The van der Waals surface area contributed by atoms with Gasteiger partial charge in [-0.3, -0.25) is 0 Å². The molecule has 15 heavy (non-hydrogen) atoms. The van der Waals surface area contributed by atoms with Crippen LogP contribution < -0.4 is 5.73 Å². The summed E-state index contributed by atoms with van der Waals surface area (Å²) in [4.78, 5) is 0. The molecule has 0 atom stereocenters. The molecule has 0 aliphatic heterocycles. The third-order valence-electron chi connectivity index (χ3n) is 3.35. The lowest BCUT2D eigenvalue weighted by Crippen LogP contribution is -2.34. The van der Waals surface area contributed by atoms with Crippen molar-refractivity contribution in [2.45, 2.75) is 38.1 Å². The van der Waals surface area contributed by atoms with Crippen molar-refractivity contribution in [1.82, 2.24) is 0 Å². The van der Waals surface area contributed by atoms with Gasteiger partial charge in [-0.1, -0.05) is 18.9 Å². The zero-order valence-electron chi connectivity index (χ0n) is 8.82. The van der Waals surface area contributed by atoms with E-state index < -0.39 is 17.2 Å². The van der Waals surface area contributed by atoms with Crippen LogP contribution >= 0.6 is 0 Å². The Morgan fingerprint density at radius 1 is 1.20 bits per heavy atom. The Labute approximate surface area is 88.3 Å². The number of nitrogens with two attached hydrogens (primary N) is 1. The summed E-state index contributed by atoms with van der Waals surface area (Å²) >= 11 is 0. The van der Waals surface area contributed by atoms with Gasteiger partial charge in [0.2, 0.25) is 0 Å². The predicted molar refractivity (Wildman–Crippen MR) is 55.4 cm³/mol. The largest absolute Gasteiger partial charge is 0.321 e. The summed E-state index contributed by atoms with van der Waals surface area (Å²) in [6.45, 7) is 1.45. The Morgan fingerprint density at radius 2 is 1.80 bits per heavy atom. The van der Waals surface area contributed by atoms with Crippen molar-refractivity contribution >= 4 is 0 Å². The molecule has 0 aromatic heterocycles. The normalized spacial score (nSPS) is 19.5. The van der Waals surface area contributed by atoms with E-state index in [-0.39, 0.29) is 5.56 Å². The molecule has 1 saturated carbocycles. The fourth-order valence-electron chi connectivity index (χ4n) is 2.32. The highest BCUT2D eigenvalue weighted by molar-refractivity contribution is 5.32. The molecule has 1 aromatic rings. The first-order valence-corrected chi connectivity index (χ1v) is 5.28. The lowest BCUT2D eigenvalue weighted by Gasteiger charge is -2.25. The number of benzene rings is 1. The zero-order chi connectivity index (χ0) is 11.1. The van der Waals surface area contributed by atoms with Crippen molar-refractivity contribution in [3.8, 4) is 0 Å². The second kappa shape index (κ2) is 3.56. The van der Waals surface area contributed by atoms with Crippen molar-refractivity contribution in [3.63, 3.8) is 0 Å². The molecule has 0 unspecified atom stereocenters. The summed E-state index contributed by atoms with van der Waals surface area (Å²) in [7, 11) is 0. The summed E-state index contributed by atoms with van der Waals surface area (Å²) in [5.41, 5.74) is 6.10. The third-order valence-corrected chi connectivity index (χ3v) is 3.35. The van der Waals surface area contributed by atoms with Gasteiger partial charge < -0.3 is 5.73 Å². The van der Waals surface area contributed by atoms with Gasteiger partial charge >= 0.3 is 0 Å². The average molecular weight is 211 g/mol. The molecule has 82 valence electrons. The van der Waals surface area contributed by atoms with Crippen molar-refractivity contribution in [3.05, 3.63) is 34.9 Å². The van der Waals surface area contributed by atoms with Crippen LogP contribution in [0.3, 0.4) is 0 Å². The van der Waals surface area contributed by atoms with Crippen molar-refractivity contribution in [2.75, 3.05) is 0 Å². The van der Waals surface area contributed by atoms with Crippen LogP contribution in [0.4, 0.5) is 8.78 Å². The van der Waals surface area contributed by atoms with E-state index in [0.717, 1.165) is 25.7 Å². The standard InChI is InChI=1S/C12H15F2N/c1-8-10(13)5-4-9(11(8)14)12(15)6-2-3-7-12/h4-5H,2-3,6-7,15H2,1H3. The fourth-order valence-corrected chi connectivity index (χ4v) is 2.32. The number of rotatable bonds is 1. The first-order valence-electron chi connectivity index (χ1n) is 5.28. The van der Waals surface area contributed by atoms with Crippen LogP contribution in [0.1, 0.15) is 36.8 Å². The number of halogens is 2. The van der Waals surface area contributed by atoms with Crippen molar-refractivity contribution < 1.29 is 8.78 Å². The maximum atomic E-state index is 13.8. The van der Waals surface area contributed by atoms with Crippen LogP contribution in [0.15, 0.2) is 12.1 Å². The number of hydrogen-bond donors (Lipinski definition) is 1. The summed E-state index contributed by atoms with van der Waals surface area (Å²) in [6, 6.07) is 2.80. The van der Waals surface area contributed by atoms with Crippen LogP contribution in [-0.2, 0) is 5.54 Å². The smallest absolute Gasteiger partial charge is 0.134 e. The molecule has 2 rings (SSSR count). The SMILES string of the molecule is Cc1c(F)ccc(C2(N)CCCC2)c1F. The van der Waals surface area contributed by atoms with Gasteiger partial charge in [0.25, 0.3) is 0 Å². The van der Waals surface area contributed by atoms with Crippen LogP contribution in [0.2, 0.25) is 0 Å². The lowest BCUT2D eigenvalue weighted by molar-refractivity contribution is 0.427. The molecule has 0 heterocycles. The molecule has 0 spiro atoms. The third kappa shape index (κ3) is 1.65. The summed E-state index contributed by atoms with van der Waals surface area (Å²) < 4.78 is 26.9. The van der Waals surface area contributed by atoms with E-state index in [9.17, 15) is 8.78 Å². The predicted octanol–water partition coefficient (Wildman–Crippen LogP) is 3.00. The summed E-state index contributed by atoms with van der Waals surface area (Å²) in [5.74, 6) is -0.975. The van der Waals surface area contributed by atoms with E-state index >= 15 is 0 Å². The van der Waals surface area contributed by atoms with E-state index in [1.807, 2.05) is 0 Å². The molecule has 1 aliphatic carbocycles. The van der Waals surface area contributed by atoms with Gasteiger partial charge in [0, 0.05) is 16.7 Å². The fraction of sp³-hybridized carbons (Fsp3) is 0.500. The summed E-state index contributed by atoms with van der Waals surface area (Å²) in [5, 5.41) is 0. The van der Waals surface area contributed by atoms with Gasteiger partial charge in [-0.15, -0.1) is 0 Å². The molecule has 0 radical (unpaired) electrons. The highest BCUT2D eigenvalue weighted by atomic mass is 19.1. The molecule has 0 saturated heterocycles. The van der Waals surface area contributed by atoms with Crippen LogP contribution in [0, 0.1) is 18.6 Å². The molecule has 1 aliphatic rings. The highest BCUT2D eigenvalue weighted by Crippen LogP contribution is 2.38. The maximum absolute atomic E-state index is 13.8. The first-order chi connectivity index (χ1) is 7.04. The Bertz CT molecular complexity index is 381. The Morgan fingerprint density at radius 3 is 2.40 bits per heavy atom. The van der Waals surface area contributed by atoms with Crippen molar-refractivity contribution in [2.24, 2.45) is 5.73 Å².